The van der Waals surface area contributed by atoms with E-state index >= 15 is 0 Å². The number of carbonyl (C=O) groups excluding carboxylic acids is 1. The number of hydrogen-bond acceptors (Lipinski definition) is 2. The van der Waals surface area contributed by atoms with Gasteiger partial charge in [0.2, 0.25) is 0 Å². The summed E-state index contributed by atoms with van der Waals surface area (Å²) >= 11 is 6.22. The van der Waals surface area contributed by atoms with Crippen LogP contribution >= 0.6 is 11.6 Å². The van der Waals surface area contributed by atoms with Gasteiger partial charge in [-0.25, -0.2) is 0 Å². The second-order valence-electron chi connectivity index (χ2n) is 5.17. The molecule has 106 valence electrons. The van der Waals surface area contributed by atoms with E-state index in [1.165, 1.54) is 5.56 Å². The summed E-state index contributed by atoms with van der Waals surface area (Å²) in [7, 11) is 0. The summed E-state index contributed by atoms with van der Waals surface area (Å²) in [6.07, 6.45) is 2.73. The van der Waals surface area contributed by atoms with Crippen molar-refractivity contribution in [1.82, 2.24) is 9.78 Å². The van der Waals surface area contributed by atoms with Crippen LogP contribution in [-0.4, -0.2) is 16.1 Å². The van der Waals surface area contributed by atoms with Crippen molar-refractivity contribution in [1.29, 1.82) is 0 Å². The molecule has 0 fully saturated rings. The summed E-state index contributed by atoms with van der Waals surface area (Å²) in [6, 6.07) is 10.3. The molecule has 1 aromatic carbocycles. The Bertz CT molecular complexity index is 576. The highest BCUT2D eigenvalue weighted by Crippen LogP contribution is 2.24. The van der Waals surface area contributed by atoms with Gasteiger partial charge in [-0.15, -0.1) is 0 Å². The number of hydrogen-bond donors (Lipinski definition) is 0. The molecule has 2 rings (SSSR count). The van der Waals surface area contributed by atoms with E-state index in [1.807, 2.05) is 32.0 Å². The highest BCUT2D eigenvalue weighted by Gasteiger charge is 2.17. The smallest absolute Gasteiger partial charge is 0.155 e. The van der Waals surface area contributed by atoms with Crippen LogP contribution in [0.1, 0.15) is 47.8 Å². The average molecular weight is 291 g/mol. The largest absolute Gasteiger partial charge is 0.298 e. The fourth-order valence-electron chi connectivity index (χ4n) is 2.23. The predicted molar refractivity (Wildman–Crippen MR) is 81.5 cm³/mol. The molecule has 20 heavy (non-hydrogen) atoms. The average Bonchev–Trinajstić information content (AvgIpc) is 2.77. The zero-order valence-corrected chi connectivity index (χ0v) is 12.6. The molecular weight excluding hydrogens is 272 g/mol. The molecule has 0 saturated heterocycles. The number of aldehydes is 1. The highest BCUT2D eigenvalue weighted by atomic mass is 35.5. The van der Waals surface area contributed by atoms with Gasteiger partial charge in [-0.3, -0.25) is 9.48 Å². The summed E-state index contributed by atoms with van der Waals surface area (Å²) in [4.78, 5) is 11.1. The Labute approximate surface area is 124 Å². The lowest BCUT2D eigenvalue weighted by Crippen LogP contribution is -2.03. The van der Waals surface area contributed by atoms with Crippen LogP contribution in [0.15, 0.2) is 30.3 Å². The van der Waals surface area contributed by atoms with Gasteiger partial charge in [0.05, 0.1) is 11.3 Å². The Morgan fingerprint density at radius 1 is 1.30 bits per heavy atom. The lowest BCUT2D eigenvalue weighted by atomic mass is 10.1. The zero-order valence-electron chi connectivity index (χ0n) is 11.8. The van der Waals surface area contributed by atoms with Gasteiger partial charge in [0.15, 0.2) is 6.29 Å². The van der Waals surface area contributed by atoms with Crippen LogP contribution < -0.4 is 0 Å². The number of nitrogens with zero attached hydrogens (tertiary/aromatic N) is 2. The van der Waals surface area contributed by atoms with Gasteiger partial charge < -0.3 is 0 Å². The van der Waals surface area contributed by atoms with Crippen LogP contribution in [0.4, 0.5) is 0 Å². The number of aromatic nitrogens is 2. The van der Waals surface area contributed by atoms with Crippen molar-refractivity contribution in [2.45, 2.75) is 39.2 Å². The fraction of sp³-hybridized carbons (Fsp3) is 0.375. The molecule has 1 heterocycles. The molecule has 0 spiro atoms. The van der Waals surface area contributed by atoms with Gasteiger partial charge in [-0.1, -0.05) is 55.8 Å². The molecule has 0 amide bonds. The van der Waals surface area contributed by atoms with E-state index in [4.69, 9.17) is 11.6 Å². The molecule has 0 radical (unpaired) electrons. The second-order valence-corrected chi connectivity index (χ2v) is 5.53. The second kappa shape index (κ2) is 6.71. The highest BCUT2D eigenvalue weighted by molar-refractivity contribution is 6.32. The molecule has 0 aliphatic heterocycles. The Morgan fingerprint density at radius 2 is 2.00 bits per heavy atom. The minimum atomic E-state index is 0.197. The number of rotatable bonds is 6. The van der Waals surface area contributed by atoms with E-state index in [0.717, 1.165) is 31.4 Å². The van der Waals surface area contributed by atoms with Crippen LogP contribution in [0.25, 0.3) is 0 Å². The molecule has 0 saturated carbocycles. The minimum absolute atomic E-state index is 0.197. The molecular formula is C16H19ClN2O. The van der Waals surface area contributed by atoms with Crippen molar-refractivity contribution >= 4 is 17.9 Å². The number of aryl methyl sites for hydroxylation is 2. The number of carbonyl (C=O) groups is 1. The zero-order chi connectivity index (χ0) is 14.5. The Kier molecular flexibility index (Phi) is 4.96. The predicted octanol–water partition coefficient (Wildman–Crippen LogP) is 4.11. The Morgan fingerprint density at radius 3 is 2.55 bits per heavy atom. The van der Waals surface area contributed by atoms with Crippen LogP contribution in [0.3, 0.4) is 0 Å². The molecule has 0 N–H and O–H groups in total. The van der Waals surface area contributed by atoms with E-state index in [0.29, 0.717) is 10.7 Å². The van der Waals surface area contributed by atoms with Crippen LogP contribution in [0.5, 0.6) is 0 Å². The Hall–Kier alpha value is -1.61. The molecule has 3 nitrogen and oxygen atoms in total. The lowest BCUT2D eigenvalue weighted by Gasteiger charge is -2.04. The van der Waals surface area contributed by atoms with Gasteiger partial charge in [-0.2, -0.15) is 5.10 Å². The molecule has 0 atom stereocenters. The van der Waals surface area contributed by atoms with Crippen molar-refractivity contribution in [2.75, 3.05) is 0 Å². The lowest BCUT2D eigenvalue weighted by molar-refractivity contribution is 0.112. The first-order valence-corrected chi connectivity index (χ1v) is 7.26. The Balaban J connectivity index is 2.05. The van der Waals surface area contributed by atoms with Crippen molar-refractivity contribution < 1.29 is 4.79 Å². The molecule has 0 aliphatic rings. The fourth-order valence-corrected chi connectivity index (χ4v) is 2.50. The first kappa shape index (κ1) is 14.8. The summed E-state index contributed by atoms with van der Waals surface area (Å²) < 4.78 is 1.74. The third kappa shape index (κ3) is 3.28. The maximum Gasteiger partial charge on any atom is 0.155 e. The quantitative estimate of drug-likeness (QED) is 0.751. The van der Waals surface area contributed by atoms with E-state index in [9.17, 15) is 4.79 Å². The van der Waals surface area contributed by atoms with E-state index in [1.54, 1.807) is 4.68 Å². The molecule has 4 heteroatoms. The van der Waals surface area contributed by atoms with E-state index < -0.39 is 0 Å². The summed E-state index contributed by atoms with van der Waals surface area (Å²) in [5.41, 5.74) is 2.61. The van der Waals surface area contributed by atoms with Gasteiger partial charge >= 0.3 is 0 Å². The third-order valence-corrected chi connectivity index (χ3v) is 3.69. The summed E-state index contributed by atoms with van der Waals surface area (Å²) in [5, 5.41) is 4.92. The minimum Gasteiger partial charge on any atom is -0.298 e. The van der Waals surface area contributed by atoms with E-state index in [-0.39, 0.29) is 5.92 Å². The SMILES string of the molecule is CC(C)c1nn(CCCc2ccccc2)c(Cl)c1C=O. The molecule has 0 unspecified atom stereocenters. The molecule has 0 bridgehead atoms. The molecule has 1 aromatic heterocycles. The molecule has 0 aliphatic carbocycles. The van der Waals surface area contributed by atoms with Gasteiger partial charge in [-0.05, 0) is 24.3 Å². The van der Waals surface area contributed by atoms with Crippen molar-refractivity contribution in [3.8, 4) is 0 Å². The number of halogens is 1. The van der Waals surface area contributed by atoms with Crippen LogP contribution in [-0.2, 0) is 13.0 Å². The maximum atomic E-state index is 11.1. The van der Waals surface area contributed by atoms with Crippen LogP contribution in [0.2, 0.25) is 5.15 Å². The summed E-state index contributed by atoms with van der Waals surface area (Å²) in [5.74, 6) is 0.197. The van der Waals surface area contributed by atoms with E-state index in [2.05, 4.69) is 17.2 Å². The number of benzene rings is 1. The van der Waals surface area contributed by atoms with Crippen LogP contribution in [0, 0.1) is 0 Å². The van der Waals surface area contributed by atoms with Gasteiger partial charge in [0.25, 0.3) is 0 Å². The monoisotopic (exact) mass is 290 g/mol. The summed E-state index contributed by atoms with van der Waals surface area (Å²) in [6.45, 7) is 4.75. The first-order valence-electron chi connectivity index (χ1n) is 6.88. The van der Waals surface area contributed by atoms with Crippen molar-refractivity contribution in [3.05, 3.63) is 52.3 Å². The first-order chi connectivity index (χ1) is 9.63. The van der Waals surface area contributed by atoms with Crippen molar-refractivity contribution in [3.63, 3.8) is 0 Å². The third-order valence-electron chi connectivity index (χ3n) is 3.30. The topological polar surface area (TPSA) is 34.9 Å². The normalized spacial score (nSPS) is 11.0. The van der Waals surface area contributed by atoms with Crippen molar-refractivity contribution in [2.24, 2.45) is 0 Å². The standard InChI is InChI=1S/C16H19ClN2O/c1-12(2)15-14(11-20)16(17)19(18-15)10-6-9-13-7-4-3-5-8-13/h3-5,7-8,11-12H,6,9-10H2,1-2H3. The molecule has 2 aromatic rings. The van der Waals surface area contributed by atoms with Gasteiger partial charge in [0.1, 0.15) is 5.15 Å². The maximum absolute atomic E-state index is 11.1. The van der Waals surface area contributed by atoms with Gasteiger partial charge in [0, 0.05) is 6.54 Å².